The van der Waals surface area contributed by atoms with Crippen LogP contribution in [0.25, 0.3) is 0 Å². The van der Waals surface area contributed by atoms with Crippen molar-refractivity contribution in [2.24, 2.45) is 0 Å². The Morgan fingerprint density at radius 3 is 2.61 bits per heavy atom. The first-order valence-corrected chi connectivity index (χ1v) is 9.27. The second-order valence-electron chi connectivity index (χ2n) is 5.84. The van der Waals surface area contributed by atoms with Gasteiger partial charge in [0.25, 0.3) is 0 Å². The summed E-state index contributed by atoms with van der Waals surface area (Å²) in [5, 5.41) is 6.12. The maximum atomic E-state index is 12.2. The minimum atomic E-state index is 0.105. The van der Waals surface area contributed by atoms with Gasteiger partial charge in [0, 0.05) is 22.0 Å². The van der Waals surface area contributed by atoms with Crippen molar-refractivity contribution in [3.63, 3.8) is 0 Å². The number of carbonyl (C=O) groups is 1. The van der Waals surface area contributed by atoms with Crippen molar-refractivity contribution in [2.75, 3.05) is 26.2 Å². The Bertz CT molecular complexity index is 621. The Morgan fingerprint density at radius 2 is 1.96 bits per heavy atom. The van der Waals surface area contributed by atoms with Gasteiger partial charge in [-0.25, -0.2) is 0 Å². The molecule has 0 spiro atoms. The number of nitrogens with one attached hydrogen (secondary N) is 1. The first-order valence-electron chi connectivity index (χ1n) is 8.01. The number of hydrogen-bond acceptors (Lipinski definition) is 4. The molecule has 1 N–H and O–H groups in total. The smallest absolute Gasteiger partial charge is 0.176 e. The van der Waals surface area contributed by atoms with Gasteiger partial charge in [0.05, 0.1) is 12.6 Å². The largest absolute Gasteiger partial charge is 0.308 e. The summed E-state index contributed by atoms with van der Waals surface area (Å²) >= 11 is 7.65. The molecule has 1 fully saturated rings. The van der Waals surface area contributed by atoms with Crippen LogP contribution in [0.2, 0.25) is 5.02 Å². The van der Waals surface area contributed by atoms with Gasteiger partial charge in [-0.15, -0.1) is 11.3 Å². The third-order valence-electron chi connectivity index (χ3n) is 4.24. The summed E-state index contributed by atoms with van der Waals surface area (Å²) in [5.74, 6) is 0.105. The quantitative estimate of drug-likeness (QED) is 0.767. The minimum Gasteiger partial charge on any atom is -0.308 e. The lowest BCUT2D eigenvalue weighted by atomic mass is 10.1. The van der Waals surface area contributed by atoms with Crippen molar-refractivity contribution in [1.82, 2.24) is 10.2 Å². The lowest BCUT2D eigenvalue weighted by molar-refractivity contribution is 0.0987. The van der Waals surface area contributed by atoms with Crippen molar-refractivity contribution in [2.45, 2.75) is 18.9 Å². The summed E-state index contributed by atoms with van der Waals surface area (Å²) in [5.41, 5.74) is 0.704. The molecule has 1 atom stereocenters. The number of rotatable bonds is 7. The van der Waals surface area contributed by atoms with Crippen LogP contribution in [0.1, 0.15) is 34.1 Å². The fourth-order valence-electron chi connectivity index (χ4n) is 3.00. The van der Waals surface area contributed by atoms with Gasteiger partial charge in [-0.05, 0) is 61.6 Å². The Morgan fingerprint density at radius 1 is 1.22 bits per heavy atom. The molecule has 1 unspecified atom stereocenters. The molecule has 5 heteroatoms. The van der Waals surface area contributed by atoms with Gasteiger partial charge in [0.2, 0.25) is 0 Å². The van der Waals surface area contributed by atoms with Gasteiger partial charge in [-0.1, -0.05) is 17.7 Å². The van der Waals surface area contributed by atoms with E-state index in [0.717, 1.165) is 19.6 Å². The van der Waals surface area contributed by atoms with Crippen molar-refractivity contribution >= 4 is 28.7 Å². The number of hydrogen-bond donors (Lipinski definition) is 1. The number of thiophene rings is 1. The summed E-state index contributed by atoms with van der Waals surface area (Å²) in [7, 11) is 0. The number of carbonyl (C=O) groups excluding carboxylic acids is 1. The summed E-state index contributed by atoms with van der Waals surface area (Å²) in [6.07, 6.45) is 2.54. The predicted octanol–water partition coefficient (Wildman–Crippen LogP) is 4.01. The molecular formula is C18H21ClN2OS. The van der Waals surface area contributed by atoms with Gasteiger partial charge in [-0.2, -0.15) is 0 Å². The van der Waals surface area contributed by atoms with Crippen molar-refractivity contribution in [3.05, 3.63) is 57.2 Å². The molecule has 0 bridgehead atoms. The second-order valence-corrected chi connectivity index (χ2v) is 7.25. The number of Topliss-reactive ketones (excluding diaryl/α,β-unsaturated/α-hetero) is 1. The molecule has 0 aliphatic carbocycles. The summed E-state index contributed by atoms with van der Waals surface area (Å²) < 4.78 is 0. The maximum absolute atomic E-state index is 12.2. The van der Waals surface area contributed by atoms with Crippen LogP contribution >= 0.6 is 22.9 Å². The van der Waals surface area contributed by atoms with E-state index >= 15 is 0 Å². The molecule has 23 heavy (non-hydrogen) atoms. The van der Waals surface area contributed by atoms with Gasteiger partial charge >= 0.3 is 0 Å². The molecule has 1 aliphatic heterocycles. The van der Waals surface area contributed by atoms with E-state index in [1.54, 1.807) is 35.6 Å². The third-order valence-corrected chi connectivity index (χ3v) is 5.47. The molecule has 3 rings (SSSR count). The topological polar surface area (TPSA) is 32.3 Å². The summed E-state index contributed by atoms with van der Waals surface area (Å²) in [4.78, 5) is 16.1. The van der Waals surface area contributed by atoms with Crippen LogP contribution < -0.4 is 5.32 Å². The zero-order valence-corrected chi connectivity index (χ0v) is 14.6. The maximum Gasteiger partial charge on any atom is 0.176 e. The SMILES string of the molecule is O=C(CNCC(c1cccs1)N1CCCC1)c1ccc(Cl)cc1. The average Bonchev–Trinajstić information content (AvgIpc) is 3.26. The zero-order valence-electron chi connectivity index (χ0n) is 13.0. The van der Waals surface area contributed by atoms with Crippen LogP contribution in [0.3, 0.4) is 0 Å². The van der Waals surface area contributed by atoms with E-state index in [1.165, 1.54) is 17.7 Å². The first-order chi connectivity index (χ1) is 11.2. The highest BCUT2D eigenvalue weighted by atomic mass is 35.5. The highest BCUT2D eigenvalue weighted by molar-refractivity contribution is 7.10. The summed E-state index contributed by atoms with van der Waals surface area (Å²) in [6.45, 7) is 3.46. The van der Waals surface area contributed by atoms with Gasteiger partial charge < -0.3 is 5.32 Å². The molecule has 122 valence electrons. The van der Waals surface area contributed by atoms with Crippen LogP contribution in [-0.4, -0.2) is 36.9 Å². The van der Waals surface area contributed by atoms with E-state index in [1.807, 2.05) is 0 Å². The normalized spacial score (nSPS) is 16.6. The summed E-state index contributed by atoms with van der Waals surface area (Å²) in [6, 6.07) is 11.7. The van der Waals surface area contributed by atoms with Crippen LogP contribution in [0.15, 0.2) is 41.8 Å². The van der Waals surface area contributed by atoms with Crippen LogP contribution in [0.5, 0.6) is 0 Å². The van der Waals surface area contributed by atoms with Gasteiger partial charge in [-0.3, -0.25) is 9.69 Å². The molecule has 1 aromatic heterocycles. The number of halogens is 1. The molecule has 0 amide bonds. The highest BCUT2D eigenvalue weighted by Gasteiger charge is 2.24. The molecule has 3 nitrogen and oxygen atoms in total. The lowest BCUT2D eigenvalue weighted by Crippen LogP contribution is -2.35. The molecular weight excluding hydrogens is 328 g/mol. The van der Waals surface area contributed by atoms with Crippen LogP contribution in [0.4, 0.5) is 0 Å². The number of nitrogens with zero attached hydrogens (tertiary/aromatic N) is 1. The number of benzene rings is 1. The molecule has 0 radical (unpaired) electrons. The standard InChI is InChI=1S/C18H21ClN2OS/c19-15-7-5-14(6-8-15)17(22)13-20-12-16(18-4-3-11-23-18)21-9-1-2-10-21/h3-8,11,16,20H,1-2,9-10,12-13H2. The number of likely N-dealkylation sites (tertiary alicyclic amines) is 1. The van der Waals surface area contributed by atoms with E-state index in [4.69, 9.17) is 11.6 Å². The van der Waals surface area contributed by atoms with E-state index < -0.39 is 0 Å². The van der Waals surface area contributed by atoms with E-state index in [9.17, 15) is 4.79 Å². The molecule has 0 saturated carbocycles. The molecule has 1 saturated heterocycles. The molecule has 2 heterocycles. The first kappa shape index (κ1) is 16.7. The monoisotopic (exact) mass is 348 g/mol. The van der Waals surface area contributed by atoms with Crippen molar-refractivity contribution < 1.29 is 4.79 Å². The predicted molar refractivity (Wildman–Crippen MR) is 96.5 cm³/mol. The van der Waals surface area contributed by atoms with Gasteiger partial charge in [0.15, 0.2) is 5.78 Å². The van der Waals surface area contributed by atoms with Crippen molar-refractivity contribution in [3.8, 4) is 0 Å². The van der Waals surface area contributed by atoms with E-state index in [0.29, 0.717) is 23.2 Å². The fourth-order valence-corrected chi connectivity index (χ4v) is 3.99. The third kappa shape index (κ3) is 4.42. The Kier molecular flexibility index (Phi) is 5.84. The van der Waals surface area contributed by atoms with Crippen molar-refractivity contribution in [1.29, 1.82) is 0 Å². The lowest BCUT2D eigenvalue weighted by Gasteiger charge is -2.26. The van der Waals surface area contributed by atoms with Crippen LogP contribution in [-0.2, 0) is 0 Å². The Balaban J connectivity index is 1.56. The highest BCUT2D eigenvalue weighted by Crippen LogP contribution is 2.27. The Labute approximate surface area is 146 Å². The van der Waals surface area contributed by atoms with Crippen LogP contribution in [0, 0.1) is 0 Å². The second kappa shape index (κ2) is 8.06. The molecule has 2 aromatic rings. The Hall–Kier alpha value is -1.20. The van der Waals surface area contributed by atoms with E-state index in [2.05, 4.69) is 27.7 Å². The average molecular weight is 349 g/mol. The minimum absolute atomic E-state index is 0.105. The fraction of sp³-hybridized carbons (Fsp3) is 0.389. The zero-order chi connectivity index (χ0) is 16.1. The molecule has 1 aliphatic rings. The van der Waals surface area contributed by atoms with E-state index in [-0.39, 0.29) is 5.78 Å². The number of ketones is 1. The molecule has 1 aromatic carbocycles. The van der Waals surface area contributed by atoms with Gasteiger partial charge in [0.1, 0.15) is 0 Å².